The van der Waals surface area contributed by atoms with Crippen molar-refractivity contribution in [3.8, 4) is 0 Å². The quantitative estimate of drug-likeness (QED) is 0.394. The molecular formula is C8H6Mg2O9. The molecule has 0 spiro atoms. The van der Waals surface area contributed by atoms with Crippen molar-refractivity contribution in [2.24, 2.45) is 0 Å². The molecule has 9 nitrogen and oxygen atoms in total. The summed E-state index contributed by atoms with van der Waals surface area (Å²) in [6.45, 7) is 0. The summed E-state index contributed by atoms with van der Waals surface area (Å²) >= 11 is 0. The van der Waals surface area contributed by atoms with Gasteiger partial charge in [0, 0.05) is 24.8 Å². The van der Waals surface area contributed by atoms with Gasteiger partial charge in [-0.05, 0) is 0 Å². The van der Waals surface area contributed by atoms with Crippen LogP contribution in [0, 0.1) is 0 Å². The Bertz CT molecular complexity index is 311. The zero-order valence-electron chi connectivity index (χ0n) is 9.66. The predicted molar refractivity (Wildman–Crippen MR) is 49.4 cm³/mol. The Morgan fingerprint density at radius 2 is 1.00 bits per heavy atom. The second kappa shape index (κ2) is 11.2. The molecule has 0 N–H and O–H groups in total. The minimum atomic E-state index is -2.15. The van der Waals surface area contributed by atoms with Gasteiger partial charge < -0.3 is 44.3 Å². The molecule has 0 aliphatic heterocycles. The van der Waals surface area contributed by atoms with Crippen LogP contribution < -0.4 is 20.4 Å². The van der Waals surface area contributed by atoms with Crippen LogP contribution in [0.4, 0.5) is 0 Å². The molecule has 96 valence electrons. The summed E-state index contributed by atoms with van der Waals surface area (Å²) < 4.78 is 4.23. The number of ether oxygens (including phenoxy) is 1. The molecule has 0 rings (SSSR count). The second-order valence-corrected chi connectivity index (χ2v) is 2.90. The van der Waals surface area contributed by atoms with Crippen molar-refractivity contribution in [1.82, 2.24) is 0 Å². The van der Waals surface area contributed by atoms with E-state index in [1.807, 2.05) is 0 Å². The van der Waals surface area contributed by atoms with Gasteiger partial charge in [-0.1, -0.05) is 0 Å². The average Bonchev–Trinajstić information content (AvgIpc) is 2.13. The Labute approximate surface area is 139 Å². The normalized spacial score (nSPS) is 12.2. The fourth-order valence-corrected chi connectivity index (χ4v) is 0.875. The van der Waals surface area contributed by atoms with E-state index in [2.05, 4.69) is 4.74 Å². The van der Waals surface area contributed by atoms with E-state index in [1.165, 1.54) is 0 Å². The van der Waals surface area contributed by atoms with E-state index in [4.69, 9.17) is 0 Å². The molecule has 0 radical (unpaired) electrons. The molecule has 0 aliphatic carbocycles. The molecule has 0 aromatic rings. The Morgan fingerprint density at radius 3 is 1.16 bits per heavy atom. The zero-order chi connectivity index (χ0) is 13.6. The first-order valence-corrected chi connectivity index (χ1v) is 4.21. The maximum atomic E-state index is 10.4. The molecule has 0 aliphatic rings. The second-order valence-electron chi connectivity index (χ2n) is 2.90. The van der Waals surface area contributed by atoms with E-state index in [-0.39, 0.29) is 46.1 Å². The van der Waals surface area contributed by atoms with E-state index in [9.17, 15) is 39.6 Å². The summed E-state index contributed by atoms with van der Waals surface area (Å²) in [5.74, 6) is -7.69. The van der Waals surface area contributed by atoms with Gasteiger partial charge in [-0.3, -0.25) is 0 Å². The molecule has 2 unspecified atom stereocenters. The molecule has 0 fully saturated rings. The van der Waals surface area contributed by atoms with Gasteiger partial charge in [0.05, 0.1) is 11.9 Å². The molecule has 0 aromatic heterocycles. The van der Waals surface area contributed by atoms with Crippen molar-refractivity contribution in [3.05, 3.63) is 0 Å². The van der Waals surface area contributed by atoms with Crippen LogP contribution >= 0.6 is 0 Å². The van der Waals surface area contributed by atoms with Crippen LogP contribution in [0.25, 0.3) is 0 Å². The van der Waals surface area contributed by atoms with Gasteiger partial charge in [0.25, 0.3) is 0 Å². The number of carbonyl (C=O) groups is 4. The molecule has 19 heavy (non-hydrogen) atoms. The Hall–Kier alpha value is -0.628. The minimum absolute atomic E-state index is 0. The Kier molecular flexibility index (Phi) is 13.9. The largest absolute Gasteiger partial charge is 2.00 e. The summed E-state index contributed by atoms with van der Waals surface area (Å²) in [4.78, 5) is 41.0. The smallest absolute Gasteiger partial charge is 0.550 e. The number of carboxylic acids is 4. The van der Waals surface area contributed by atoms with E-state index in [1.54, 1.807) is 0 Å². The van der Waals surface area contributed by atoms with Crippen molar-refractivity contribution in [2.75, 3.05) is 0 Å². The third-order valence-electron chi connectivity index (χ3n) is 1.56. The number of hydrogen-bond donors (Lipinski definition) is 0. The maximum Gasteiger partial charge on any atom is 2.00 e. The fraction of sp³-hybridized carbons (Fsp3) is 0.500. The van der Waals surface area contributed by atoms with E-state index in [0.29, 0.717) is 0 Å². The number of carbonyl (C=O) groups excluding carboxylic acids is 4. The first kappa shape index (κ1) is 23.5. The fourth-order valence-electron chi connectivity index (χ4n) is 0.875. The topological polar surface area (TPSA) is 170 Å². The molecule has 11 heteroatoms. The summed E-state index contributed by atoms with van der Waals surface area (Å²) in [5.41, 5.74) is 0. The molecule has 0 heterocycles. The monoisotopic (exact) mass is 294 g/mol. The molecule has 0 saturated carbocycles. The standard InChI is InChI=1S/C8H10O9.2Mg/c9-5(10)1-3(7(13)14)17-4(8(15)16)2-6(11)12;;/h3-4H,1-2H2,(H,9,10)(H,11,12)(H,13,14)(H,15,16);;/q;2*+2/p-4. The van der Waals surface area contributed by atoms with E-state index in [0.717, 1.165) is 0 Å². The van der Waals surface area contributed by atoms with Crippen LogP contribution in [0.3, 0.4) is 0 Å². The number of hydrogen-bond acceptors (Lipinski definition) is 9. The predicted octanol–water partition coefficient (Wildman–Crippen LogP) is -7.24. The van der Waals surface area contributed by atoms with Crippen molar-refractivity contribution < 1.29 is 44.3 Å². The van der Waals surface area contributed by atoms with Gasteiger partial charge in [-0.15, -0.1) is 0 Å². The molecule has 0 saturated heterocycles. The van der Waals surface area contributed by atoms with E-state index >= 15 is 0 Å². The average molecular weight is 295 g/mol. The Balaban J connectivity index is -0.00000128. The molecule has 0 aromatic carbocycles. The van der Waals surface area contributed by atoms with Crippen LogP contribution in [0.2, 0.25) is 0 Å². The summed E-state index contributed by atoms with van der Waals surface area (Å²) in [6, 6.07) is 0. The van der Waals surface area contributed by atoms with Crippen molar-refractivity contribution >= 4 is 70.0 Å². The van der Waals surface area contributed by atoms with Gasteiger partial charge in [-0.2, -0.15) is 0 Å². The van der Waals surface area contributed by atoms with Gasteiger partial charge in [0.1, 0.15) is 12.2 Å². The van der Waals surface area contributed by atoms with Crippen LogP contribution in [-0.4, -0.2) is 82.2 Å². The van der Waals surface area contributed by atoms with E-state index < -0.39 is 48.9 Å². The minimum Gasteiger partial charge on any atom is -0.550 e. The maximum absolute atomic E-state index is 10.4. The third kappa shape index (κ3) is 10.9. The molecule has 0 bridgehead atoms. The molecular weight excluding hydrogens is 289 g/mol. The first-order valence-electron chi connectivity index (χ1n) is 4.21. The van der Waals surface area contributed by atoms with Crippen molar-refractivity contribution in [3.63, 3.8) is 0 Å². The summed E-state index contributed by atoms with van der Waals surface area (Å²) in [6.07, 6.45) is -6.66. The summed E-state index contributed by atoms with van der Waals surface area (Å²) in [5, 5.41) is 41.0. The van der Waals surface area contributed by atoms with Crippen LogP contribution in [0.5, 0.6) is 0 Å². The number of rotatable bonds is 8. The van der Waals surface area contributed by atoms with Gasteiger partial charge in [0.15, 0.2) is 0 Å². The molecule has 0 amide bonds. The third-order valence-corrected chi connectivity index (χ3v) is 1.56. The van der Waals surface area contributed by atoms with Gasteiger partial charge >= 0.3 is 46.1 Å². The van der Waals surface area contributed by atoms with Crippen LogP contribution in [0.1, 0.15) is 12.8 Å². The molecule has 2 atom stereocenters. The van der Waals surface area contributed by atoms with Crippen molar-refractivity contribution in [2.45, 2.75) is 25.0 Å². The Morgan fingerprint density at radius 1 is 0.737 bits per heavy atom. The van der Waals surface area contributed by atoms with Crippen LogP contribution in [-0.2, 0) is 23.9 Å². The zero-order valence-corrected chi connectivity index (χ0v) is 12.5. The van der Waals surface area contributed by atoms with Crippen LogP contribution in [0.15, 0.2) is 0 Å². The number of carboxylic acid groups (broad SMARTS) is 4. The van der Waals surface area contributed by atoms with Gasteiger partial charge in [-0.25, -0.2) is 0 Å². The first-order chi connectivity index (χ1) is 7.73. The van der Waals surface area contributed by atoms with Gasteiger partial charge in [0.2, 0.25) is 0 Å². The number of aliphatic carboxylic acids is 4. The summed E-state index contributed by atoms with van der Waals surface area (Å²) in [7, 11) is 0. The SMILES string of the molecule is O=C([O-])CC(OC(CC(=O)[O-])C(=O)[O-])C(=O)[O-].[Mg+2].[Mg+2]. The van der Waals surface area contributed by atoms with Crippen molar-refractivity contribution in [1.29, 1.82) is 0 Å².